The third-order valence-electron chi connectivity index (χ3n) is 2.18. The first-order valence-corrected chi connectivity index (χ1v) is 4.89. The number of non-ortho nitro benzene ring substituents is 1. The topological polar surface area (TPSA) is 75.4 Å². The first kappa shape index (κ1) is 12.4. The van der Waals surface area contributed by atoms with Crippen molar-refractivity contribution in [1.82, 2.24) is 0 Å². The van der Waals surface area contributed by atoms with Crippen molar-refractivity contribution in [3.8, 4) is 0 Å². The number of aliphatic hydroxyl groups is 1. The summed E-state index contributed by atoms with van der Waals surface area (Å²) in [7, 11) is 0. The Morgan fingerprint density at radius 3 is 2.75 bits per heavy atom. The molecule has 1 rings (SSSR count). The number of aliphatic hydroxyl groups excluding tert-OH is 1. The van der Waals surface area contributed by atoms with Crippen molar-refractivity contribution in [2.45, 2.75) is 19.4 Å². The minimum atomic E-state index is -0.676. The van der Waals surface area contributed by atoms with Crippen molar-refractivity contribution in [3.05, 3.63) is 34.1 Å². The van der Waals surface area contributed by atoms with Gasteiger partial charge >= 0.3 is 0 Å². The Morgan fingerprint density at radius 1 is 1.56 bits per heavy atom. The largest absolute Gasteiger partial charge is 0.394 e. The van der Waals surface area contributed by atoms with E-state index in [-0.39, 0.29) is 18.3 Å². The second-order valence-corrected chi connectivity index (χ2v) is 3.39. The van der Waals surface area contributed by atoms with Gasteiger partial charge in [0.1, 0.15) is 5.82 Å². The molecule has 0 amide bonds. The predicted molar refractivity (Wildman–Crippen MR) is 57.8 cm³/mol. The van der Waals surface area contributed by atoms with Crippen molar-refractivity contribution in [2.24, 2.45) is 0 Å². The van der Waals surface area contributed by atoms with Crippen molar-refractivity contribution in [2.75, 3.05) is 11.9 Å². The van der Waals surface area contributed by atoms with Gasteiger partial charge in [0, 0.05) is 17.8 Å². The molecule has 88 valence electrons. The van der Waals surface area contributed by atoms with E-state index in [2.05, 4.69) is 5.32 Å². The fraction of sp³-hybridized carbons (Fsp3) is 0.400. The Bertz CT molecular complexity index is 380. The normalized spacial score (nSPS) is 12.2. The molecule has 0 aliphatic heterocycles. The molecule has 2 N–H and O–H groups in total. The lowest BCUT2D eigenvalue weighted by Gasteiger charge is -2.15. The summed E-state index contributed by atoms with van der Waals surface area (Å²) in [5.74, 6) is -0.676. The predicted octanol–water partition coefficient (Wildman–Crippen LogP) is 1.92. The summed E-state index contributed by atoms with van der Waals surface area (Å²) in [5.41, 5.74) is -0.0112. The third kappa shape index (κ3) is 3.16. The highest BCUT2D eigenvalue weighted by Gasteiger charge is 2.11. The van der Waals surface area contributed by atoms with Crippen molar-refractivity contribution >= 4 is 11.4 Å². The molecule has 0 aliphatic carbocycles. The van der Waals surface area contributed by atoms with Crippen LogP contribution in [-0.4, -0.2) is 22.7 Å². The van der Waals surface area contributed by atoms with Gasteiger partial charge in [-0.1, -0.05) is 6.92 Å². The molecule has 1 unspecified atom stereocenters. The van der Waals surface area contributed by atoms with Gasteiger partial charge in [0.2, 0.25) is 0 Å². The Balaban J connectivity index is 2.91. The smallest absolute Gasteiger partial charge is 0.274 e. The second kappa shape index (κ2) is 5.41. The number of halogens is 1. The summed E-state index contributed by atoms with van der Waals surface area (Å²) in [6.45, 7) is 1.74. The Morgan fingerprint density at radius 2 is 2.25 bits per heavy atom. The van der Waals surface area contributed by atoms with E-state index in [1.807, 2.05) is 6.92 Å². The van der Waals surface area contributed by atoms with Crippen LogP contribution in [0.3, 0.4) is 0 Å². The van der Waals surface area contributed by atoms with Crippen LogP contribution < -0.4 is 5.32 Å². The standard InChI is InChI=1S/C10H13FN2O3/c1-2-8(6-14)12-9-3-7(11)4-10(5-9)13(15)16/h3-5,8,12,14H,2,6H2,1H3. The SMILES string of the molecule is CCC(CO)Nc1cc(F)cc([N+](=O)[O-])c1. The van der Waals surface area contributed by atoms with Crippen LogP contribution in [0.15, 0.2) is 18.2 Å². The van der Waals surface area contributed by atoms with Crippen LogP contribution in [0.5, 0.6) is 0 Å². The molecule has 16 heavy (non-hydrogen) atoms. The molecular weight excluding hydrogens is 215 g/mol. The number of nitro benzene ring substituents is 1. The molecule has 0 saturated heterocycles. The number of nitro groups is 1. The number of hydrogen-bond acceptors (Lipinski definition) is 4. The lowest BCUT2D eigenvalue weighted by molar-refractivity contribution is -0.385. The molecule has 5 nitrogen and oxygen atoms in total. The molecule has 1 aromatic rings. The Hall–Kier alpha value is -1.69. The van der Waals surface area contributed by atoms with E-state index in [0.29, 0.717) is 12.1 Å². The highest BCUT2D eigenvalue weighted by atomic mass is 19.1. The van der Waals surface area contributed by atoms with Gasteiger partial charge in [-0.3, -0.25) is 10.1 Å². The van der Waals surface area contributed by atoms with Gasteiger partial charge in [0.25, 0.3) is 5.69 Å². The van der Waals surface area contributed by atoms with E-state index in [1.54, 1.807) is 0 Å². The van der Waals surface area contributed by atoms with Crippen molar-refractivity contribution < 1.29 is 14.4 Å². The zero-order valence-corrected chi connectivity index (χ0v) is 8.81. The summed E-state index contributed by atoms with van der Waals surface area (Å²) >= 11 is 0. The summed E-state index contributed by atoms with van der Waals surface area (Å²) in [6, 6.07) is 3.01. The van der Waals surface area contributed by atoms with Gasteiger partial charge in [-0.05, 0) is 12.5 Å². The zero-order valence-electron chi connectivity index (χ0n) is 8.81. The van der Waals surface area contributed by atoms with E-state index < -0.39 is 10.7 Å². The number of rotatable bonds is 5. The fourth-order valence-corrected chi connectivity index (χ4v) is 1.28. The van der Waals surface area contributed by atoms with Crippen LogP contribution >= 0.6 is 0 Å². The van der Waals surface area contributed by atoms with Gasteiger partial charge in [-0.2, -0.15) is 0 Å². The van der Waals surface area contributed by atoms with Gasteiger partial charge < -0.3 is 10.4 Å². The molecule has 0 aromatic heterocycles. The molecule has 1 atom stereocenters. The lowest BCUT2D eigenvalue weighted by atomic mass is 10.2. The van der Waals surface area contributed by atoms with Crippen LogP contribution in [0, 0.1) is 15.9 Å². The summed E-state index contributed by atoms with van der Waals surface area (Å²) in [5, 5.41) is 22.3. The zero-order chi connectivity index (χ0) is 12.1. The van der Waals surface area contributed by atoms with Crippen LogP contribution in [0.25, 0.3) is 0 Å². The maximum atomic E-state index is 13.0. The van der Waals surface area contributed by atoms with Crippen molar-refractivity contribution in [1.29, 1.82) is 0 Å². The molecule has 0 aliphatic rings. The van der Waals surface area contributed by atoms with Gasteiger partial charge in [-0.25, -0.2) is 4.39 Å². The van der Waals surface area contributed by atoms with Crippen LogP contribution in [0.2, 0.25) is 0 Å². The van der Waals surface area contributed by atoms with Crippen LogP contribution in [0.4, 0.5) is 15.8 Å². The first-order valence-electron chi connectivity index (χ1n) is 4.89. The molecule has 0 spiro atoms. The summed E-state index contributed by atoms with van der Waals surface area (Å²) in [4.78, 5) is 9.83. The minimum Gasteiger partial charge on any atom is -0.394 e. The van der Waals surface area contributed by atoms with Crippen molar-refractivity contribution in [3.63, 3.8) is 0 Å². The third-order valence-corrected chi connectivity index (χ3v) is 2.18. The molecule has 0 bridgehead atoms. The van der Waals surface area contributed by atoms with E-state index in [0.717, 1.165) is 12.1 Å². The quantitative estimate of drug-likeness (QED) is 0.596. The molecule has 0 radical (unpaired) electrons. The van der Waals surface area contributed by atoms with E-state index in [1.165, 1.54) is 6.07 Å². The first-order chi connectivity index (χ1) is 7.56. The van der Waals surface area contributed by atoms with Crippen LogP contribution in [0.1, 0.15) is 13.3 Å². The number of benzene rings is 1. The fourth-order valence-electron chi connectivity index (χ4n) is 1.28. The monoisotopic (exact) mass is 228 g/mol. The van der Waals surface area contributed by atoms with Gasteiger partial charge in [0.15, 0.2) is 0 Å². The van der Waals surface area contributed by atoms with Crippen LogP contribution in [-0.2, 0) is 0 Å². The highest BCUT2D eigenvalue weighted by Crippen LogP contribution is 2.20. The number of nitrogens with zero attached hydrogens (tertiary/aromatic N) is 1. The minimum absolute atomic E-state index is 0.110. The molecule has 1 aromatic carbocycles. The maximum absolute atomic E-state index is 13.0. The van der Waals surface area contributed by atoms with E-state index in [9.17, 15) is 14.5 Å². The maximum Gasteiger partial charge on any atom is 0.274 e. The molecule has 0 fully saturated rings. The Labute approximate surface area is 92.1 Å². The highest BCUT2D eigenvalue weighted by molar-refractivity contribution is 5.52. The number of hydrogen-bond donors (Lipinski definition) is 2. The number of anilines is 1. The Kier molecular flexibility index (Phi) is 4.19. The summed E-state index contributed by atoms with van der Waals surface area (Å²) < 4.78 is 13.0. The lowest BCUT2D eigenvalue weighted by Crippen LogP contribution is -2.22. The molecular formula is C10H13FN2O3. The van der Waals surface area contributed by atoms with Gasteiger partial charge in [-0.15, -0.1) is 0 Å². The van der Waals surface area contributed by atoms with E-state index >= 15 is 0 Å². The van der Waals surface area contributed by atoms with Gasteiger partial charge in [0.05, 0.1) is 17.6 Å². The molecule has 0 heterocycles. The molecule has 6 heteroatoms. The van der Waals surface area contributed by atoms with E-state index in [4.69, 9.17) is 5.11 Å². The molecule has 0 saturated carbocycles. The number of nitrogens with one attached hydrogen (secondary N) is 1. The second-order valence-electron chi connectivity index (χ2n) is 3.39. The average Bonchev–Trinajstić information content (AvgIpc) is 2.25. The summed E-state index contributed by atoms with van der Waals surface area (Å²) in [6.07, 6.45) is 0.640. The average molecular weight is 228 g/mol.